The maximum Gasteiger partial charge on any atom is 0.340 e. The second-order valence-electron chi connectivity index (χ2n) is 2.12. The summed E-state index contributed by atoms with van der Waals surface area (Å²) in [7, 11) is 0. The average Bonchev–Trinajstić information content (AvgIpc) is 2.16. The molecule has 0 aromatic heterocycles. The molecule has 0 aromatic carbocycles. The molecule has 13 heavy (non-hydrogen) atoms. The largest absolute Gasteiger partial charge is 0.340 e. The number of nitrogens with zero attached hydrogens (tertiary/aromatic N) is 2. The summed E-state index contributed by atoms with van der Waals surface area (Å²) in [6.45, 7) is 0.657. The van der Waals surface area contributed by atoms with Crippen LogP contribution in [0.5, 0.6) is 0 Å². The summed E-state index contributed by atoms with van der Waals surface area (Å²) in [5.74, 6) is 1.00. The predicted molar refractivity (Wildman–Crippen MR) is 55.0 cm³/mol. The Morgan fingerprint density at radius 1 is 1.69 bits per heavy atom. The minimum atomic E-state index is -0.496. The highest BCUT2D eigenvalue weighted by molar-refractivity contribution is 7.98. The first-order valence-electron chi connectivity index (χ1n) is 3.69. The Bertz CT molecular complexity index is 170. The number of alkyl halides is 1. The normalized spacial score (nSPS) is 9.38. The van der Waals surface area contributed by atoms with Crippen LogP contribution in [0.4, 0.5) is 4.79 Å². The van der Waals surface area contributed by atoms with E-state index in [0.717, 1.165) is 5.01 Å². The van der Waals surface area contributed by atoms with Crippen LogP contribution in [0.25, 0.3) is 0 Å². The van der Waals surface area contributed by atoms with Crippen LogP contribution in [0, 0.1) is 4.91 Å². The molecule has 1 N–H and O–H groups in total. The lowest BCUT2D eigenvalue weighted by molar-refractivity contribution is 0.203. The van der Waals surface area contributed by atoms with Crippen molar-refractivity contribution in [2.45, 2.75) is 0 Å². The van der Waals surface area contributed by atoms with Gasteiger partial charge in [-0.1, -0.05) is 0 Å². The lowest BCUT2D eigenvalue weighted by Crippen LogP contribution is -2.38. The number of amides is 2. The quantitative estimate of drug-likeness (QED) is 0.421. The third kappa shape index (κ3) is 5.70. The molecule has 0 aromatic rings. The van der Waals surface area contributed by atoms with Gasteiger partial charge in [-0.25, -0.2) is 4.79 Å². The average molecular weight is 226 g/mol. The number of rotatable bonds is 6. The van der Waals surface area contributed by atoms with Crippen LogP contribution < -0.4 is 5.32 Å². The van der Waals surface area contributed by atoms with Gasteiger partial charge in [0.05, 0.1) is 11.8 Å². The molecule has 0 rings (SSSR count). The van der Waals surface area contributed by atoms with E-state index in [1.807, 2.05) is 6.26 Å². The number of thioether (sulfide) groups is 1. The number of hydrogen-bond acceptors (Lipinski definition) is 4. The molecule has 76 valence electrons. The van der Waals surface area contributed by atoms with E-state index in [-0.39, 0.29) is 0 Å². The fraction of sp³-hybridized carbons (Fsp3) is 0.833. The van der Waals surface area contributed by atoms with Crippen LogP contribution in [0.2, 0.25) is 0 Å². The third-order valence-electron chi connectivity index (χ3n) is 1.21. The van der Waals surface area contributed by atoms with Gasteiger partial charge in [0, 0.05) is 18.2 Å². The molecule has 0 spiro atoms. The first-order valence-corrected chi connectivity index (χ1v) is 5.62. The highest BCUT2D eigenvalue weighted by Crippen LogP contribution is 1.96. The van der Waals surface area contributed by atoms with Gasteiger partial charge >= 0.3 is 6.03 Å². The van der Waals surface area contributed by atoms with E-state index in [0.29, 0.717) is 24.7 Å². The van der Waals surface area contributed by atoms with Crippen LogP contribution >= 0.6 is 23.4 Å². The summed E-state index contributed by atoms with van der Waals surface area (Å²) < 4.78 is 0. The molecule has 0 radical (unpaired) electrons. The highest BCUT2D eigenvalue weighted by Gasteiger charge is 2.11. The van der Waals surface area contributed by atoms with E-state index in [1.165, 1.54) is 11.8 Å². The number of carbonyl (C=O) groups excluding carboxylic acids is 1. The zero-order chi connectivity index (χ0) is 10.1. The Morgan fingerprint density at radius 2 is 2.38 bits per heavy atom. The van der Waals surface area contributed by atoms with Crippen molar-refractivity contribution >= 4 is 29.4 Å². The van der Waals surface area contributed by atoms with Gasteiger partial charge in [0.15, 0.2) is 0 Å². The molecule has 0 atom stereocenters. The van der Waals surface area contributed by atoms with Crippen molar-refractivity contribution in [3.05, 3.63) is 4.91 Å². The molecule has 5 nitrogen and oxygen atoms in total. The summed E-state index contributed by atoms with van der Waals surface area (Å²) >= 11 is 6.89. The first kappa shape index (κ1) is 12.5. The van der Waals surface area contributed by atoms with Gasteiger partial charge in [-0.05, 0) is 6.26 Å². The summed E-state index contributed by atoms with van der Waals surface area (Å²) in [6, 6.07) is -0.496. The maximum absolute atomic E-state index is 11.1. The predicted octanol–water partition coefficient (Wildman–Crippen LogP) is 1.28. The summed E-state index contributed by atoms with van der Waals surface area (Å²) in [5.41, 5.74) is 0. The minimum Gasteiger partial charge on any atom is -0.335 e. The van der Waals surface area contributed by atoms with Crippen molar-refractivity contribution in [1.29, 1.82) is 0 Å². The van der Waals surface area contributed by atoms with Crippen molar-refractivity contribution in [1.82, 2.24) is 10.3 Å². The van der Waals surface area contributed by atoms with Crippen molar-refractivity contribution in [2.24, 2.45) is 5.29 Å². The van der Waals surface area contributed by atoms with E-state index in [4.69, 9.17) is 11.6 Å². The van der Waals surface area contributed by atoms with Crippen molar-refractivity contribution in [3.63, 3.8) is 0 Å². The number of nitroso groups, excluding NO2 is 1. The number of halogens is 1. The smallest absolute Gasteiger partial charge is 0.335 e. The van der Waals surface area contributed by atoms with Gasteiger partial charge in [-0.2, -0.15) is 16.8 Å². The molecule has 7 heteroatoms. The second kappa shape index (κ2) is 8.12. The Labute approximate surface area is 86.1 Å². The number of carbonyl (C=O) groups is 1. The topological polar surface area (TPSA) is 61.8 Å². The molecule has 0 aliphatic heterocycles. The van der Waals surface area contributed by atoms with Gasteiger partial charge in [-0.3, -0.25) is 0 Å². The van der Waals surface area contributed by atoms with Crippen LogP contribution in [0.1, 0.15) is 0 Å². The fourth-order valence-corrected chi connectivity index (χ4v) is 1.05. The van der Waals surface area contributed by atoms with Gasteiger partial charge in [0.1, 0.15) is 0 Å². The third-order valence-corrected chi connectivity index (χ3v) is 1.99. The molecule has 2 amide bonds. The zero-order valence-corrected chi connectivity index (χ0v) is 8.90. The van der Waals surface area contributed by atoms with E-state index in [9.17, 15) is 9.70 Å². The molecule has 0 saturated heterocycles. The van der Waals surface area contributed by atoms with Crippen molar-refractivity contribution in [3.8, 4) is 0 Å². The number of nitrogens with one attached hydrogen (secondary N) is 1. The molecule has 0 fully saturated rings. The summed E-state index contributed by atoms with van der Waals surface area (Å²) in [5, 5.41) is 5.89. The monoisotopic (exact) mass is 225 g/mol. The van der Waals surface area contributed by atoms with Crippen molar-refractivity contribution < 1.29 is 4.79 Å². The minimum absolute atomic E-state index is 0.318. The van der Waals surface area contributed by atoms with Crippen LogP contribution in [0.15, 0.2) is 5.29 Å². The molecule has 0 aliphatic rings. The zero-order valence-electron chi connectivity index (χ0n) is 7.33. The Morgan fingerprint density at radius 3 is 2.85 bits per heavy atom. The summed E-state index contributed by atoms with van der Waals surface area (Å²) in [4.78, 5) is 21.3. The Balaban J connectivity index is 3.77. The van der Waals surface area contributed by atoms with E-state index in [2.05, 4.69) is 10.6 Å². The molecule has 0 unspecified atom stereocenters. The molecule has 0 saturated carbocycles. The van der Waals surface area contributed by atoms with E-state index < -0.39 is 6.03 Å². The van der Waals surface area contributed by atoms with Crippen LogP contribution in [-0.4, -0.2) is 42.0 Å². The molecule has 0 bridgehead atoms. The van der Waals surface area contributed by atoms with Crippen LogP contribution in [-0.2, 0) is 0 Å². The highest BCUT2D eigenvalue weighted by atomic mass is 35.5. The molecular weight excluding hydrogens is 214 g/mol. The number of urea groups is 1. The molecule has 0 aliphatic carbocycles. The molecular formula is C6H12ClN3O2S. The van der Waals surface area contributed by atoms with E-state index in [1.54, 1.807) is 0 Å². The lowest BCUT2D eigenvalue weighted by atomic mass is 10.6. The fourth-order valence-electron chi connectivity index (χ4n) is 0.603. The lowest BCUT2D eigenvalue weighted by Gasteiger charge is -2.12. The Kier molecular flexibility index (Phi) is 7.82. The standard InChI is InChI=1S/C6H12ClN3O2S/c1-13-5-4-10(9-12)6(11)8-3-2-7/h2-5H2,1H3,(H,8,11). The first-order chi connectivity index (χ1) is 6.26. The van der Waals surface area contributed by atoms with E-state index >= 15 is 0 Å². The molecule has 0 heterocycles. The van der Waals surface area contributed by atoms with Gasteiger partial charge < -0.3 is 5.32 Å². The van der Waals surface area contributed by atoms with Gasteiger partial charge in [0.2, 0.25) is 0 Å². The Hall–Kier alpha value is -0.490. The SMILES string of the molecule is CSCCN(N=O)C(=O)NCCCl. The van der Waals surface area contributed by atoms with Crippen LogP contribution in [0.3, 0.4) is 0 Å². The number of hydrogen-bond donors (Lipinski definition) is 1. The van der Waals surface area contributed by atoms with Gasteiger partial charge in [-0.15, -0.1) is 16.5 Å². The maximum atomic E-state index is 11.1. The van der Waals surface area contributed by atoms with Gasteiger partial charge in [0.25, 0.3) is 0 Å². The summed E-state index contributed by atoms with van der Waals surface area (Å²) in [6.07, 6.45) is 1.89. The van der Waals surface area contributed by atoms with Crippen molar-refractivity contribution in [2.75, 3.05) is 31.0 Å². The second-order valence-corrected chi connectivity index (χ2v) is 3.48.